The van der Waals surface area contributed by atoms with Crippen molar-refractivity contribution in [3.8, 4) is 0 Å². The summed E-state index contributed by atoms with van der Waals surface area (Å²) in [4.78, 5) is 36.2. The topological polar surface area (TPSA) is 95.9 Å². The van der Waals surface area contributed by atoms with Crippen LogP contribution in [-0.4, -0.2) is 53.7 Å². The Balaban J connectivity index is 2.57. The maximum Gasteiger partial charge on any atom is 0.326 e. The van der Waals surface area contributed by atoms with Gasteiger partial charge in [0.2, 0.25) is 0 Å². The van der Waals surface area contributed by atoms with Crippen molar-refractivity contribution >= 4 is 18.0 Å². The Kier molecular flexibility index (Phi) is 6.45. The molecule has 1 rings (SSSR count). The predicted molar refractivity (Wildman–Crippen MR) is 75.8 cm³/mol. The van der Waals surface area contributed by atoms with Crippen LogP contribution in [0.2, 0.25) is 0 Å². The van der Waals surface area contributed by atoms with Crippen molar-refractivity contribution < 1.29 is 24.2 Å². The molecule has 0 aromatic rings. The lowest BCUT2D eigenvalue weighted by Crippen LogP contribution is -2.49. The molecule has 7 heteroatoms. The van der Waals surface area contributed by atoms with Gasteiger partial charge in [-0.15, -0.1) is 0 Å². The number of rotatable bonds is 8. The number of carbonyl (C=O) groups excluding carboxylic acids is 2. The Hall–Kier alpha value is -1.79. The minimum absolute atomic E-state index is 0.0218. The van der Waals surface area contributed by atoms with Crippen LogP contribution >= 0.6 is 0 Å². The van der Waals surface area contributed by atoms with E-state index in [9.17, 15) is 14.4 Å². The molecule has 0 aromatic heterocycles. The van der Waals surface area contributed by atoms with E-state index in [0.29, 0.717) is 12.5 Å². The fraction of sp³-hybridized carbons (Fsp3) is 0.786. The molecule has 0 heterocycles. The van der Waals surface area contributed by atoms with E-state index < -0.39 is 18.0 Å². The molecule has 1 saturated carbocycles. The van der Waals surface area contributed by atoms with Gasteiger partial charge in [-0.2, -0.15) is 0 Å². The van der Waals surface area contributed by atoms with Gasteiger partial charge in [0.05, 0.1) is 7.11 Å². The summed E-state index contributed by atoms with van der Waals surface area (Å²) in [5.41, 5.74) is 0. The van der Waals surface area contributed by atoms with Crippen molar-refractivity contribution in [2.75, 3.05) is 13.7 Å². The van der Waals surface area contributed by atoms with Crippen LogP contribution in [-0.2, 0) is 14.3 Å². The lowest BCUT2D eigenvalue weighted by atomic mass is 10.1. The first kappa shape index (κ1) is 17.3. The highest BCUT2D eigenvalue weighted by Gasteiger charge is 2.34. The Morgan fingerprint density at radius 3 is 2.38 bits per heavy atom. The third kappa shape index (κ3) is 6.01. The SMILES string of the molecule is COC(=O)CC[C@H](NC(=O)N(CC(C)C)C1CC1)C(=O)O. The lowest BCUT2D eigenvalue weighted by Gasteiger charge is -2.26. The molecule has 120 valence electrons. The highest BCUT2D eigenvalue weighted by molar-refractivity contribution is 5.83. The largest absolute Gasteiger partial charge is 0.480 e. The van der Waals surface area contributed by atoms with Crippen LogP contribution in [0.25, 0.3) is 0 Å². The highest BCUT2D eigenvalue weighted by Crippen LogP contribution is 2.27. The second kappa shape index (κ2) is 7.85. The average Bonchev–Trinajstić information content (AvgIpc) is 3.23. The summed E-state index contributed by atoms with van der Waals surface area (Å²) >= 11 is 0. The Morgan fingerprint density at radius 2 is 1.95 bits per heavy atom. The smallest absolute Gasteiger partial charge is 0.326 e. The van der Waals surface area contributed by atoms with Gasteiger partial charge in [-0.3, -0.25) is 4.79 Å². The average molecular weight is 300 g/mol. The summed E-state index contributed by atoms with van der Waals surface area (Å²) in [6.07, 6.45) is 1.90. The number of aliphatic carboxylic acids is 1. The van der Waals surface area contributed by atoms with Crippen LogP contribution in [0.15, 0.2) is 0 Å². The maximum absolute atomic E-state index is 12.2. The number of methoxy groups -OCH3 is 1. The molecule has 0 radical (unpaired) electrons. The number of nitrogens with one attached hydrogen (secondary N) is 1. The summed E-state index contributed by atoms with van der Waals surface area (Å²) in [5.74, 6) is -1.32. The van der Waals surface area contributed by atoms with Crippen molar-refractivity contribution in [2.45, 2.75) is 51.6 Å². The predicted octanol–water partition coefficient (Wildman–Crippen LogP) is 1.22. The van der Waals surface area contributed by atoms with E-state index >= 15 is 0 Å². The summed E-state index contributed by atoms with van der Waals surface area (Å²) < 4.78 is 4.48. The first-order valence-corrected chi connectivity index (χ1v) is 7.21. The van der Waals surface area contributed by atoms with E-state index in [-0.39, 0.29) is 24.9 Å². The van der Waals surface area contributed by atoms with E-state index in [1.165, 1.54) is 7.11 Å². The fourth-order valence-electron chi connectivity index (χ4n) is 2.03. The molecule has 0 unspecified atom stereocenters. The number of esters is 1. The molecular weight excluding hydrogens is 276 g/mol. The van der Waals surface area contributed by atoms with Crippen LogP contribution < -0.4 is 5.32 Å². The maximum atomic E-state index is 12.2. The molecule has 1 aliphatic rings. The number of carboxylic acids is 1. The van der Waals surface area contributed by atoms with E-state index in [1.807, 2.05) is 13.8 Å². The van der Waals surface area contributed by atoms with Crippen molar-refractivity contribution in [3.63, 3.8) is 0 Å². The summed E-state index contributed by atoms with van der Waals surface area (Å²) in [5, 5.41) is 11.6. The van der Waals surface area contributed by atoms with Crippen molar-refractivity contribution in [2.24, 2.45) is 5.92 Å². The molecule has 0 aromatic carbocycles. The second-order valence-electron chi connectivity index (χ2n) is 5.73. The van der Waals surface area contributed by atoms with E-state index in [2.05, 4.69) is 10.1 Å². The molecule has 7 nitrogen and oxygen atoms in total. The Labute approximate surface area is 124 Å². The summed E-state index contributed by atoms with van der Waals surface area (Å²) in [7, 11) is 1.24. The van der Waals surface area contributed by atoms with Crippen LogP contribution in [0.5, 0.6) is 0 Å². The minimum atomic E-state index is -1.15. The molecule has 1 aliphatic carbocycles. The molecule has 2 N–H and O–H groups in total. The van der Waals surface area contributed by atoms with Crippen molar-refractivity contribution in [1.82, 2.24) is 10.2 Å². The van der Waals surface area contributed by atoms with Gasteiger partial charge in [-0.25, -0.2) is 9.59 Å². The first-order chi connectivity index (χ1) is 9.85. The normalized spacial score (nSPS) is 15.4. The fourth-order valence-corrected chi connectivity index (χ4v) is 2.03. The third-order valence-electron chi connectivity index (χ3n) is 3.27. The van der Waals surface area contributed by atoms with Gasteiger partial charge in [-0.05, 0) is 25.2 Å². The van der Waals surface area contributed by atoms with Gasteiger partial charge in [0.15, 0.2) is 0 Å². The summed E-state index contributed by atoms with van der Waals surface area (Å²) in [6.45, 7) is 4.61. The van der Waals surface area contributed by atoms with Gasteiger partial charge >= 0.3 is 18.0 Å². The van der Waals surface area contributed by atoms with Crippen LogP contribution in [0.4, 0.5) is 4.79 Å². The molecular formula is C14H24N2O5. The number of urea groups is 1. The Morgan fingerprint density at radius 1 is 1.33 bits per heavy atom. The molecule has 0 saturated heterocycles. The van der Waals surface area contributed by atoms with Crippen molar-refractivity contribution in [1.29, 1.82) is 0 Å². The van der Waals surface area contributed by atoms with Crippen LogP contribution in [0.3, 0.4) is 0 Å². The van der Waals surface area contributed by atoms with Gasteiger partial charge in [0, 0.05) is 19.0 Å². The highest BCUT2D eigenvalue weighted by atomic mass is 16.5. The number of hydrogen-bond acceptors (Lipinski definition) is 4. The minimum Gasteiger partial charge on any atom is -0.480 e. The molecule has 21 heavy (non-hydrogen) atoms. The van der Waals surface area contributed by atoms with E-state index in [4.69, 9.17) is 5.11 Å². The molecule has 0 bridgehead atoms. The zero-order chi connectivity index (χ0) is 16.0. The first-order valence-electron chi connectivity index (χ1n) is 7.21. The van der Waals surface area contributed by atoms with Gasteiger partial charge in [0.1, 0.15) is 6.04 Å². The number of carboxylic acid groups (broad SMARTS) is 1. The van der Waals surface area contributed by atoms with Gasteiger partial charge < -0.3 is 20.1 Å². The van der Waals surface area contributed by atoms with E-state index in [0.717, 1.165) is 12.8 Å². The number of ether oxygens (including phenoxy) is 1. The standard InChI is InChI=1S/C14H24N2O5/c1-9(2)8-16(10-4-5-10)14(20)15-11(13(18)19)6-7-12(17)21-3/h9-11H,4-8H2,1-3H3,(H,15,20)(H,18,19)/t11-/m0/s1. The monoisotopic (exact) mass is 300 g/mol. The molecule has 1 atom stereocenters. The third-order valence-corrected chi connectivity index (χ3v) is 3.27. The lowest BCUT2D eigenvalue weighted by molar-refractivity contribution is -0.142. The van der Waals surface area contributed by atoms with E-state index in [1.54, 1.807) is 4.90 Å². The van der Waals surface area contributed by atoms with Crippen LogP contribution in [0.1, 0.15) is 39.5 Å². The number of nitrogens with zero attached hydrogens (tertiary/aromatic N) is 1. The molecule has 1 fully saturated rings. The van der Waals surface area contributed by atoms with Crippen molar-refractivity contribution in [3.05, 3.63) is 0 Å². The Bertz CT molecular complexity index is 393. The zero-order valence-electron chi connectivity index (χ0n) is 12.8. The van der Waals surface area contributed by atoms with Gasteiger partial charge in [0.25, 0.3) is 0 Å². The summed E-state index contributed by atoms with van der Waals surface area (Å²) in [6, 6.07) is -1.24. The van der Waals surface area contributed by atoms with Gasteiger partial charge in [-0.1, -0.05) is 13.8 Å². The number of amides is 2. The molecule has 2 amide bonds. The van der Waals surface area contributed by atoms with Crippen LogP contribution in [0, 0.1) is 5.92 Å². The zero-order valence-corrected chi connectivity index (χ0v) is 12.8. The molecule has 0 spiro atoms. The number of carbonyl (C=O) groups is 3. The quantitative estimate of drug-likeness (QED) is 0.657. The molecule has 0 aliphatic heterocycles. The number of hydrogen-bond donors (Lipinski definition) is 2. The second-order valence-corrected chi connectivity index (χ2v) is 5.73.